The van der Waals surface area contributed by atoms with E-state index in [9.17, 15) is 4.79 Å². The SMILES string of the molecule is NC=C(C(=O)P)N(N)CCCN. The number of allylic oxidation sites excluding steroid dienone is 1. The van der Waals surface area contributed by atoms with Crippen molar-refractivity contribution < 1.29 is 4.79 Å². The molecule has 0 spiro atoms. The van der Waals surface area contributed by atoms with Gasteiger partial charge >= 0.3 is 0 Å². The van der Waals surface area contributed by atoms with E-state index in [1.807, 2.05) is 9.24 Å². The number of hydrogen-bond acceptors (Lipinski definition) is 5. The molecule has 70 valence electrons. The normalized spacial score (nSPS) is 11.4. The van der Waals surface area contributed by atoms with Crippen LogP contribution in [-0.2, 0) is 4.79 Å². The monoisotopic (exact) mass is 190 g/mol. The number of hydrogen-bond donors (Lipinski definition) is 3. The summed E-state index contributed by atoms with van der Waals surface area (Å²) < 4.78 is 0. The fourth-order valence-corrected chi connectivity index (χ4v) is 0.964. The van der Waals surface area contributed by atoms with Gasteiger partial charge in [0, 0.05) is 12.7 Å². The molecule has 0 bridgehead atoms. The second-order valence-corrected chi connectivity index (χ2v) is 2.78. The van der Waals surface area contributed by atoms with Crippen LogP contribution >= 0.6 is 9.24 Å². The first-order valence-corrected chi connectivity index (χ1v) is 4.15. The number of carbonyl (C=O) groups is 1. The Morgan fingerprint density at radius 3 is 2.50 bits per heavy atom. The van der Waals surface area contributed by atoms with E-state index in [0.717, 1.165) is 6.42 Å². The Labute approximate surface area is 74.1 Å². The van der Waals surface area contributed by atoms with Crippen LogP contribution in [0.4, 0.5) is 0 Å². The maximum atomic E-state index is 10.8. The molecule has 5 nitrogen and oxygen atoms in total. The highest BCUT2D eigenvalue weighted by Crippen LogP contribution is 2.04. The molecule has 0 fully saturated rings. The first-order valence-electron chi connectivity index (χ1n) is 3.57. The summed E-state index contributed by atoms with van der Waals surface area (Å²) >= 11 is 0. The molecule has 0 aromatic rings. The molecular weight excluding hydrogens is 175 g/mol. The summed E-state index contributed by atoms with van der Waals surface area (Å²) in [6.07, 6.45) is 1.91. The number of hydrazine groups is 1. The van der Waals surface area contributed by atoms with Crippen LogP contribution in [0.2, 0.25) is 0 Å². The fourth-order valence-electron chi connectivity index (χ4n) is 0.701. The van der Waals surface area contributed by atoms with Crippen LogP contribution in [0.1, 0.15) is 6.42 Å². The Kier molecular flexibility index (Phi) is 5.62. The van der Waals surface area contributed by atoms with Crippen molar-refractivity contribution in [3.05, 3.63) is 11.9 Å². The zero-order valence-electron chi connectivity index (χ0n) is 6.86. The molecule has 0 saturated heterocycles. The molecule has 12 heavy (non-hydrogen) atoms. The van der Waals surface area contributed by atoms with Crippen molar-refractivity contribution in [1.82, 2.24) is 5.01 Å². The molecule has 6 N–H and O–H groups in total. The van der Waals surface area contributed by atoms with Gasteiger partial charge in [0.25, 0.3) is 0 Å². The van der Waals surface area contributed by atoms with E-state index in [0.29, 0.717) is 13.1 Å². The van der Waals surface area contributed by atoms with Crippen LogP contribution in [0.5, 0.6) is 0 Å². The first-order chi connectivity index (χ1) is 5.63. The third kappa shape index (κ3) is 3.67. The summed E-state index contributed by atoms with van der Waals surface area (Å²) in [5, 5.41) is 1.29. The smallest absolute Gasteiger partial charge is 0.196 e. The Hall–Kier alpha value is -0.640. The lowest BCUT2D eigenvalue weighted by Crippen LogP contribution is -2.35. The predicted octanol–water partition coefficient (Wildman–Crippen LogP) is -1.29. The summed E-state index contributed by atoms with van der Waals surface area (Å²) in [5.74, 6) is 5.51. The van der Waals surface area contributed by atoms with Gasteiger partial charge in [-0.1, -0.05) is 9.24 Å². The van der Waals surface area contributed by atoms with Crippen molar-refractivity contribution in [2.75, 3.05) is 13.1 Å². The van der Waals surface area contributed by atoms with E-state index >= 15 is 0 Å². The lowest BCUT2D eigenvalue weighted by atomic mass is 10.4. The van der Waals surface area contributed by atoms with E-state index in [1.165, 1.54) is 11.2 Å². The van der Waals surface area contributed by atoms with E-state index in [2.05, 4.69) is 0 Å². The Bertz CT molecular complexity index is 182. The van der Waals surface area contributed by atoms with Crippen molar-refractivity contribution in [1.29, 1.82) is 0 Å². The van der Waals surface area contributed by atoms with Crippen molar-refractivity contribution in [2.24, 2.45) is 17.3 Å². The van der Waals surface area contributed by atoms with E-state index in [4.69, 9.17) is 17.3 Å². The van der Waals surface area contributed by atoms with Gasteiger partial charge in [-0.3, -0.25) is 4.79 Å². The molecule has 0 aromatic carbocycles. The topological polar surface area (TPSA) is 98.4 Å². The molecule has 0 aliphatic carbocycles. The van der Waals surface area contributed by atoms with E-state index in [-0.39, 0.29) is 11.2 Å². The van der Waals surface area contributed by atoms with Gasteiger partial charge in [-0.15, -0.1) is 0 Å². The molecule has 0 aliphatic heterocycles. The van der Waals surface area contributed by atoms with Crippen LogP contribution in [-0.4, -0.2) is 23.6 Å². The number of carbonyl (C=O) groups excluding carboxylic acids is 1. The molecule has 0 radical (unpaired) electrons. The van der Waals surface area contributed by atoms with Crippen LogP contribution in [0.25, 0.3) is 0 Å². The van der Waals surface area contributed by atoms with Crippen LogP contribution in [0.15, 0.2) is 11.9 Å². The van der Waals surface area contributed by atoms with Gasteiger partial charge in [0.05, 0.1) is 0 Å². The molecule has 6 heteroatoms. The lowest BCUT2D eigenvalue weighted by Gasteiger charge is -2.18. The highest BCUT2D eigenvalue weighted by molar-refractivity contribution is 7.41. The predicted molar refractivity (Wildman–Crippen MR) is 51.6 cm³/mol. The molecule has 0 aliphatic rings. The Balaban J connectivity index is 4.05. The third-order valence-corrected chi connectivity index (χ3v) is 1.62. The molecule has 0 amide bonds. The number of nitrogens with two attached hydrogens (primary N) is 3. The standard InChI is InChI=1S/C6H15N4OP/c7-2-1-3-10(9)5(4-8)6(11)12/h4H,1-3,7-9,12H2. The minimum atomic E-state index is -0.225. The highest BCUT2D eigenvalue weighted by atomic mass is 31.0. The Morgan fingerprint density at radius 1 is 1.58 bits per heavy atom. The third-order valence-electron chi connectivity index (χ3n) is 1.32. The largest absolute Gasteiger partial charge is 0.403 e. The first kappa shape index (κ1) is 11.4. The fraction of sp³-hybridized carbons (Fsp3) is 0.500. The number of nitrogens with zero attached hydrogens (tertiary/aromatic N) is 1. The minimum Gasteiger partial charge on any atom is -0.403 e. The van der Waals surface area contributed by atoms with Crippen molar-refractivity contribution in [3.8, 4) is 0 Å². The zero-order valence-corrected chi connectivity index (χ0v) is 8.02. The van der Waals surface area contributed by atoms with Gasteiger partial charge in [-0.2, -0.15) is 0 Å². The van der Waals surface area contributed by atoms with Gasteiger partial charge in [0.2, 0.25) is 0 Å². The maximum absolute atomic E-state index is 10.8. The highest BCUT2D eigenvalue weighted by Gasteiger charge is 2.08. The molecular formula is C6H15N4OP. The number of rotatable bonds is 5. The summed E-state index contributed by atoms with van der Waals surface area (Å²) in [5.41, 5.74) is 10.5. The van der Waals surface area contributed by atoms with Crippen LogP contribution < -0.4 is 17.3 Å². The molecule has 0 rings (SSSR count). The van der Waals surface area contributed by atoms with Crippen molar-refractivity contribution >= 4 is 14.8 Å². The summed E-state index contributed by atoms with van der Waals surface area (Å²) in [6.45, 7) is 1.07. The molecule has 0 saturated carbocycles. The van der Waals surface area contributed by atoms with Gasteiger partial charge in [-0.05, 0) is 13.0 Å². The average Bonchev–Trinajstić information content (AvgIpc) is 2.01. The molecule has 0 heterocycles. The van der Waals surface area contributed by atoms with Gasteiger partial charge in [0.15, 0.2) is 5.52 Å². The molecule has 1 atom stereocenters. The quantitative estimate of drug-likeness (QED) is 0.217. The van der Waals surface area contributed by atoms with Crippen molar-refractivity contribution in [2.45, 2.75) is 6.42 Å². The zero-order chi connectivity index (χ0) is 9.56. The van der Waals surface area contributed by atoms with E-state index < -0.39 is 0 Å². The minimum absolute atomic E-state index is 0.225. The molecule has 0 aromatic heterocycles. The average molecular weight is 190 g/mol. The second-order valence-electron chi connectivity index (χ2n) is 2.25. The molecule has 1 unspecified atom stereocenters. The lowest BCUT2D eigenvalue weighted by molar-refractivity contribution is -0.109. The van der Waals surface area contributed by atoms with Gasteiger partial charge in [-0.25, -0.2) is 5.84 Å². The summed E-state index contributed by atoms with van der Waals surface area (Å²) in [6, 6.07) is 0. The van der Waals surface area contributed by atoms with Gasteiger partial charge in [0.1, 0.15) is 5.70 Å². The maximum Gasteiger partial charge on any atom is 0.196 e. The van der Waals surface area contributed by atoms with Crippen molar-refractivity contribution in [3.63, 3.8) is 0 Å². The Morgan fingerprint density at radius 2 is 2.17 bits per heavy atom. The summed E-state index contributed by atoms with van der Waals surface area (Å²) in [7, 11) is 2.01. The van der Waals surface area contributed by atoms with Gasteiger partial charge < -0.3 is 16.5 Å². The van der Waals surface area contributed by atoms with Crippen LogP contribution in [0, 0.1) is 0 Å². The second kappa shape index (κ2) is 5.94. The summed E-state index contributed by atoms with van der Waals surface area (Å²) in [4.78, 5) is 10.8. The van der Waals surface area contributed by atoms with E-state index in [1.54, 1.807) is 0 Å². The van der Waals surface area contributed by atoms with Crippen LogP contribution in [0.3, 0.4) is 0 Å².